The van der Waals surface area contributed by atoms with Crippen LogP contribution >= 0.6 is 11.8 Å². The van der Waals surface area contributed by atoms with Gasteiger partial charge in [0.1, 0.15) is 66.2 Å². The van der Waals surface area contributed by atoms with Gasteiger partial charge in [-0.1, -0.05) is 53.2 Å². The Morgan fingerprint density at radius 1 is 0.531 bits per heavy atom. The fourth-order valence-electron chi connectivity index (χ4n) is 10.6. The lowest BCUT2D eigenvalue weighted by Crippen LogP contribution is -2.61. The molecule has 0 aromatic heterocycles. The van der Waals surface area contributed by atoms with Crippen LogP contribution in [0.4, 0.5) is 0 Å². The number of carboxylic acid groups (broad SMARTS) is 1. The van der Waals surface area contributed by atoms with Gasteiger partial charge >= 0.3 is 5.97 Å². The predicted octanol–water partition coefficient (Wildman–Crippen LogP) is -3.91. The lowest BCUT2D eigenvalue weighted by Gasteiger charge is -2.31. The van der Waals surface area contributed by atoms with Crippen LogP contribution in [0.5, 0.6) is 5.75 Å². The van der Waals surface area contributed by atoms with Gasteiger partial charge in [-0.3, -0.25) is 67.5 Å². The summed E-state index contributed by atoms with van der Waals surface area (Å²) in [5.41, 5.74) is 39.5. The second kappa shape index (κ2) is 45.8. The van der Waals surface area contributed by atoms with Crippen LogP contribution in [-0.4, -0.2) is 215 Å². The Morgan fingerprint density at radius 2 is 0.959 bits per heavy atom. The van der Waals surface area contributed by atoms with Gasteiger partial charge in [-0.25, -0.2) is 0 Å². The van der Waals surface area contributed by atoms with E-state index in [0.29, 0.717) is 37.8 Å². The molecule has 552 valence electrons. The summed E-state index contributed by atoms with van der Waals surface area (Å²) in [7, 11) is 0. The quantitative estimate of drug-likeness (QED) is 0.0168. The number of phenols is 1. The van der Waals surface area contributed by atoms with Gasteiger partial charge in [-0.15, -0.1) is 0 Å². The number of nitrogens with one attached hydrogen (secondary N) is 9. The normalized spacial score (nSPS) is 15.8. The van der Waals surface area contributed by atoms with Crippen molar-refractivity contribution in [2.24, 2.45) is 67.9 Å². The van der Waals surface area contributed by atoms with E-state index in [1.807, 2.05) is 27.7 Å². The highest BCUT2D eigenvalue weighted by Crippen LogP contribution is 2.22. The van der Waals surface area contributed by atoms with E-state index >= 15 is 0 Å². The van der Waals surface area contributed by atoms with Crippen molar-refractivity contribution in [1.29, 1.82) is 0 Å². The molecule has 35 heteroatoms. The lowest BCUT2D eigenvalue weighted by molar-refractivity contribution is -0.144. The largest absolute Gasteiger partial charge is 0.508 e. The van der Waals surface area contributed by atoms with E-state index in [1.54, 1.807) is 13.2 Å². The number of aliphatic imine (C=N–C) groups is 2. The number of aliphatic hydroxyl groups is 1. The molecule has 0 spiro atoms. The van der Waals surface area contributed by atoms with Crippen molar-refractivity contribution in [2.75, 3.05) is 51.3 Å². The lowest BCUT2D eigenvalue weighted by atomic mass is 9.99. The maximum absolute atomic E-state index is 14.6. The number of primary amides is 1. The van der Waals surface area contributed by atoms with E-state index < -0.39 is 144 Å². The number of carbonyl (C=O) groups excluding carboxylic acids is 11. The van der Waals surface area contributed by atoms with Crippen molar-refractivity contribution in [3.63, 3.8) is 0 Å². The standard InChI is InChI=1S/C63H109N19O15S/c1-35(2)30-44(51(66)87)77-53(89)41(16-11-26-71-62(67)68)75-57(93)46(32-38-19-21-39(84)22-20-38)79-54(90)40(15-8-10-25-65)73-58(94)47(33-50(85)86)80-60(96)49-18-13-28-82(49)61(97)43(23-29-98-6)76-59(95)48(34-83)81-55(91)42(17-12-27-72-63(69)70)74-56(92)45(31-36(3)4)78-52(88)37(5)14-7-9-24-64/h19-22,35-37,40-49,83-84H,7-18,23-34,64-65H2,1-6H3,(H2,66,87)(H,73,94)(H,74,92)(H,75,93)(H,76,95)(H,77,89)(H,78,88)(H,79,90)(H,80,96)(H,81,91)(H,85,86)(H4,67,68,71)(H4,69,70,72)/t37-,40-,41-,42-,43-,44-,45-,46-,47-,48-,49-/m0/s1. The number of hydrogen-bond acceptors (Lipinski definition) is 19. The van der Waals surface area contributed by atoms with Gasteiger partial charge in [0.15, 0.2) is 11.9 Å². The number of aromatic hydroxyl groups is 1. The number of hydrogen-bond donors (Lipinski definition) is 19. The van der Waals surface area contributed by atoms with Crippen molar-refractivity contribution in [1.82, 2.24) is 52.8 Å². The Morgan fingerprint density at radius 3 is 1.44 bits per heavy atom. The Kier molecular flexibility index (Phi) is 40.0. The number of thioether (sulfide) groups is 1. The van der Waals surface area contributed by atoms with Gasteiger partial charge < -0.3 is 108 Å². The number of phenolic OH excluding ortho intramolecular Hbond substituents is 1. The van der Waals surface area contributed by atoms with Crippen molar-refractivity contribution in [3.8, 4) is 5.75 Å². The maximum Gasteiger partial charge on any atom is 0.305 e. The van der Waals surface area contributed by atoms with Crippen molar-refractivity contribution in [2.45, 2.75) is 204 Å². The smallest absolute Gasteiger partial charge is 0.305 e. The van der Waals surface area contributed by atoms with Crippen molar-refractivity contribution >= 4 is 94.6 Å². The first-order valence-corrected chi connectivity index (χ1v) is 34.7. The average Bonchev–Trinajstić information content (AvgIpc) is 1.48. The third-order valence-corrected chi connectivity index (χ3v) is 16.5. The van der Waals surface area contributed by atoms with Crippen LogP contribution in [0.2, 0.25) is 0 Å². The fraction of sp³-hybridized carbons (Fsp3) is 0.683. The monoisotopic (exact) mass is 1400 g/mol. The van der Waals surface area contributed by atoms with E-state index in [9.17, 15) is 72.9 Å². The summed E-state index contributed by atoms with van der Waals surface area (Å²) in [6.07, 6.45) is 3.60. The first-order valence-electron chi connectivity index (χ1n) is 33.3. The second-order valence-corrected chi connectivity index (χ2v) is 26.2. The summed E-state index contributed by atoms with van der Waals surface area (Å²) in [5.74, 6) is -11.8. The molecule has 1 aromatic carbocycles. The van der Waals surface area contributed by atoms with Gasteiger partial charge in [0.05, 0.1) is 13.0 Å². The van der Waals surface area contributed by atoms with Crippen molar-refractivity contribution in [3.05, 3.63) is 29.8 Å². The molecule has 1 aliphatic heterocycles. The Hall–Kier alpha value is -8.57. The van der Waals surface area contributed by atoms with Gasteiger partial charge in [-0.05, 0) is 145 Å². The van der Waals surface area contributed by atoms with E-state index in [0.717, 1.165) is 4.90 Å². The van der Waals surface area contributed by atoms with Crippen LogP contribution in [0.1, 0.15) is 143 Å². The Bertz CT molecular complexity index is 2830. The number of nitrogens with two attached hydrogens (primary N) is 7. The molecule has 1 aromatic rings. The Labute approximate surface area is 577 Å². The minimum Gasteiger partial charge on any atom is -0.508 e. The van der Waals surface area contributed by atoms with Gasteiger partial charge in [0.25, 0.3) is 0 Å². The second-order valence-electron chi connectivity index (χ2n) is 25.2. The number of aliphatic hydroxyl groups excluding tert-OH is 1. The van der Waals surface area contributed by atoms with E-state index in [4.69, 9.17) is 40.1 Å². The number of nitrogens with zero attached hydrogens (tertiary/aromatic N) is 3. The molecule has 34 nitrogen and oxygen atoms in total. The first kappa shape index (κ1) is 85.5. The maximum atomic E-state index is 14.6. The average molecular weight is 1400 g/mol. The number of unbranched alkanes of at least 4 members (excludes halogenated alkanes) is 2. The molecule has 1 saturated heterocycles. The molecule has 0 unspecified atom stereocenters. The zero-order chi connectivity index (χ0) is 73.6. The van der Waals surface area contributed by atoms with Gasteiger partial charge in [-0.2, -0.15) is 11.8 Å². The highest BCUT2D eigenvalue weighted by Gasteiger charge is 2.41. The molecule has 98 heavy (non-hydrogen) atoms. The number of carbonyl (C=O) groups is 12. The first-order chi connectivity index (χ1) is 46.3. The molecule has 0 aliphatic carbocycles. The molecule has 2 rings (SSSR count). The zero-order valence-electron chi connectivity index (χ0n) is 57.3. The summed E-state index contributed by atoms with van der Waals surface area (Å²) >= 11 is 1.31. The zero-order valence-corrected chi connectivity index (χ0v) is 58.1. The minimum absolute atomic E-state index is 0.0143. The summed E-state index contributed by atoms with van der Waals surface area (Å²) in [6, 6.07) is -8.58. The van der Waals surface area contributed by atoms with Crippen LogP contribution in [0, 0.1) is 17.8 Å². The van der Waals surface area contributed by atoms with E-state index in [-0.39, 0.29) is 144 Å². The molecule has 26 N–H and O–H groups in total. The molecule has 1 fully saturated rings. The Balaban J connectivity index is 2.48. The summed E-state index contributed by atoms with van der Waals surface area (Å²) in [5, 5.41) is 54.1. The van der Waals surface area contributed by atoms with Crippen LogP contribution < -0.4 is 88.0 Å². The third-order valence-electron chi connectivity index (χ3n) is 15.9. The summed E-state index contributed by atoms with van der Waals surface area (Å²) in [6.45, 7) is 8.73. The highest BCUT2D eigenvalue weighted by molar-refractivity contribution is 7.98. The van der Waals surface area contributed by atoms with Crippen LogP contribution in [0.25, 0.3) is 0 Å². The molecule has 11 atom stereocenters. The van der Waals surface area contributed by atoms with E-state index in [1.165, 1.54) is 36.0 Å². The fourth-order valence-corrected chi connectivity index (χ4v) is 11.1. The minimum atomic E-state index is -1.88. The van der Waals surface area contributed by atoms with Crippen LogP contribution in [-0.2, 0) is 64.0 Å². The summed E-state index contributed by atoms with van der Waals surface area (Å²) < 4.78 is 0. The van der Waals surface area contributed by atoms with Crippen LogP contribution in [0.15, 0.2) is 34.3 Å². The number of carboxylic acids is 1. The molecule has 0 radical (unpaired) electrons. The topological polar surface area (TPSA) is 584 Å². The molecule has 0 saturated carbocycles. The van der Waals surface area contributed by atoms with Crippen molar-refractivity contribution < 1.29 is 72.9 Å². The SMILES string of the molecule is CSCC[C@H](NC(=O)[C@H](CO)NC(=O)[C@H](CCCN=C(N)N)NC(=O)[C@H](CC(C)C)NC(=O)[C@@H](C)CCCCN)C(=O)N1CCC[C@H]1C(=O)N[C@@H](CC(=O)O)C(=O)N[C@@H](CCCCN)C(=O)N[C@@H](Cc1ccc(O)cc1)C(=O)N[C@@H](CCCN=C(N)N)C(=O)N[C@@H](CC(C)C)C(N)=O. The number of rotatable bonds is 48. The predicted molar refractivity (Wildman–Crippen MR) is 369 cm³/mol. The van der Waals surface area contributed by atoms with E-state index in [2.05, 4.69) is 57.8 Å². The van der Waals surface area contributed by atoms with Gasteiger partial charge in [0, 0.05) is 32.0 Å². The van der Waals surface area contributed by atoms with Gasteiger partial charge in [0.2, 0.25) is 65.0 Å². The molecular formula is C63H109N19O15S. The molecule has 1 heterocycles. The molecule has 1 aliphatic rings. The highest BCUT2D eigenvalue weighted by atomic mass is 32.2. The van der Waals surface area contributed by atoms with Crippen LogP contribution in [0.3, 0.4) is 0 Å². The summed E-state index contributed by atoms with van der Waals surface area (Å²) in [4.78, 5) is 175. The number of guanidine groups is 2. The molecular weight excluding hydrogens is 1290 g/mol. The molecule has 0 bridgehead atoms. The number of aliphatic carboxylic acids is 1. The third kappa shape index (κ3) is 32.7. The number of benzene rings is 1. The number of likely N-dealkylation sites (tertiary alicyclic amines) is 1. The molecule has 11 amide bonds. The number of amides is 11.